The normalized spacial score (nSPS) is 10.5. The number of nitrogens with one attached hydrogen (secondary N) is 2. The summed E-state index contributed by atoms with van der Waals surface area (Å²) in [7, 11) is 0. The molecule has 3 rings (SSSR count). The zero-order chi connectivity index (χ0) is 20.6. The van der Waals surface area contributed by atoms with Gasteiger partial charge in [-0.3, -0.25) is 9.59 Å². The van der Waals surface area contributed by atoms with E-state index < -0.39 is 5.91 Å². The van der Waals surface area contributed by atoms with Crippen LogP contribution in [0.3, 0.4) is 0 Å². The predicted molar refractivity (Wildman–Crippen MR) is 114 cm³/mol. The van der Waals surface area contributed by atoms with Crippen molar-refractivity contribution in [1.29, 1.82) is 0 Å². The zero-order valence-electron chi connectivity index (χ0n) is 15.8. The lowest BCUT2D eigenvalue weighted by Crippen LogP contribution is -2.18. The highest BCUT2D eigenvalue weighted by molar-refractivity contribution is 6.03. The van der Waals surface area contributed by atoms with Gasteiger partial charge in [-0.2, -0.15) is 5.10 Å². The Morgan fingerprint density at radius 2 is 1.97 bits per heavy atom. The molecule has 0 aliphatic heterocycles. The van der Waals surface area contributed by atoms with Gasteiger partial charge >= 0.3 is 0 Å². The largest absolute Gasteiger partial charge is 0.480 e. The van der Waals surface area contributed by atoms with E-state index in [9.17, 15) is 9.59 Å². The molecule has 0 aromatic heterocycles. The first-order valence-corrected chi connectivity index (χ1v) is 8.87. The molecule has 3 aromatic carbocycles. The van der Waals surface area contributed by atoms with Crippen LogP contribution < -0.4 is 15.5 Å². The lowest BCUT2D eigenvalue weighted by molar-refractivity contribution is -0.114. The van der Waals surface area contributed by atoms with Gasteiger partial charge < -0.3 is 10.1 Å². The minimum absolute atomic E-state index is 0.126. The molecule has 0 aliphatic rings. The molecule has 3 aromatic rings. The predicted octanol–water partition coefficient (Wildman–Crippen LogP) is 3.57. The second-order valence-corrected chi connectivity index (χ2v) is 6.15. The quantitative estimate of drug-likeness (QED) is 0.387. The lowest BCUT2D eigenvalue weighted by Gasteiger charge is -2.10. The van der Waals surface area contributed by atoms with Gasteiger partial charge in [-0.25, -0.2) is 5.43 Å². The first kappa shape index (κ1) is 19.6. The van der Waals surface area contributed by atoms with Gasteiger partial charge in [0.15, 0.2) is 0 Å². The molecule has 144 valence electrons. The van der Waals surface area contributed by atoms with Crippen LogP contribution in [0, 0.1) is 12.3 Å². The van der Waals surface area contributed by atoms with E-state index in [-0.39, 0.29) is 12.5 Å². The maximum Gasteiger partial charge on any atom is 0.271 e. The first-order valence-electron chi connectivity index (χ1n) is 8.87. The number of terminal acetylenes is 1. The molecule has 0 bridgehead atoms. The second-order valence-electron chi connectivity index (χ2n) is 6.15. The Morgan fingerprint density at radius 1 is 1.14 bits per heavy atom. The molecule has 0 saturated carbocycles. The summed E-state index contributed by atoms with van der Waals surface area (Å²) < 4.78 is 5.61. The fourth-order valence-electron chi connectivity index (χ4n) is 2.82. The van der Waals surface area contributed by atoms with Gasteiger partial charge in [-0.1, -0.05) is 42.3 Å². The topological polar surface area (TPSA) is 79.8 Å². The maximum absolute atomic E-state index is 12.4. The molecule has 0 aliphatic carbocycles. The second kappa shape index (κ2) is 9.20. The van der Waals surface area contributed by atoms with E-state index in [0.717, 1.165) is 10.8 Å². The summed E-state index contributed by atoms with van der Waals surface area (Å²) in [5, 5.41) is 8.66. The van der Waals surface area contributed by atoms with Crippen LogP contribution in [0.5, 0.6) is 5.75 Å². The van der Waals surface area contributed by atoms with Crippen LogP contribution in [-0.2, 0) is 4.79 Å². The summed E-state index contributed by atoms with van der Waals surface area (Å²) in [6.45, 7) is 1.53. The third-order valence-corrected chi connectivity index (χ3v) is 4.05. The number of hydrogen-bond acceptors (Lipinski definition) is 4. The number of nitrogens with zero attached hydrogens (tertiary/aromatic N) is 1. The Kier molecular flexibility index (Phi) is 6.23. The number of carbonyl (C=O) groups is 2. The molecule has 0 atom stereocenters. The third kappa shape index (κ3) is 4.99. The lowest BCUT2D eigenvalue weighted by atomic mass is 10.0. The number of carbonyl (C=O) groups excluding carboxylic acids is 2. The van der Waals surface area contributed by atoms with Crippen LogP contribution in [0.15, 0.2) is 65.8 Å². The highest BCUT2D eigenvalue weighted by Gasteiger charge is 2.09. The molecule has 0 saturated heterocycles. The SMILES string of the molecule is C#CCOc1ccc2ccccc2c1/C=N\NC(=O)c1cccc(NC(C)=O)c1. The minimum Gasteiger partial charge on any atom is -0.480 e. The number of ether oxygens (including phenoxy) is 1. The van der Waals surface area contributed by atoms with Crippen molar-refractivity contribution < 1.29 is 14.3 Å². The van der Waals surface area contributed by atoms with Crippen molar-refractivity contribution in [3.8, 4) is 18.1 Å². The van der Waals surface area contributed by atoms with Crippen molar-refractivity contribution >= 4 is 34.5 Å². The van der Waals surface area contributed by atoms with Gasteiger partial charge in [0.2, 0.25) is 5.91 Å². The Labute approximate surface area is 168 Å². The number of rotatable bonds is 6. The highest BCUT2D eigenvalue weighted by Crippen LogP contribution is 2.26. The van der Waals surface area contributed by atoms with E-state index in [2.05, 4.69) is 21.8 Å². The molecule has 0 spiro atoms. The molecular weight excluding hydrogens is 366 g/mol. The summed E-state index contributed by atoms with van der Waals surface area (Å²) >= 11 is 0. The number of fused-ring (bicyclic) bond motifs is 1. The van der Waals surface area contributed by atoms with Crippen molar-refractivity contribution in [2.24, 2.45) is 5.10 Å². The molecule has 0 radical (unpaired) electrons. The monoisotopic (exact) mass is 385 g/mol. The average molecular weight is 385 g/mol. The molecule has 6 heteroatoms. The summed E-state index contributed by atoms with van der Waals surface area (Å²) in [6, 6.07) is 18.1. The first-order chi connectivity index (χ1) is 14.1. The summed E-state index contributed by atoms with van der Waals surface area (Å²) in [4.78, 5) is 23.6. The Bertz CT molecular complexity index is 1130. The van der Waals surface area contributed by atoms with Crippen LogP contribution >= 0.6 is 0 Å². The number of amides is 2. The average Bonchev–Trinajstić information content (AvgIpc) is 2.72. The van der Waals surface area contributed by atoms with E-state index in [4.69, 9.17) is 11.2 Å². The van der Waals surface area contributed by atoms with E-state index in [1.807, 2.05) is 36.4 Å². The molecule has 6 nitrogen and oxygen atoms in total. The van der Waals surface area contributed by atoms with Gasteiger partial charge in [-0.15, -0.1) is 6.42 Å². The van der Waals surface area contributed by atoms with E-state index in [0.29, 0.717) is 22.6 Å². The van der Waals surface area contributed by atoms with E-state index >= 15 is 0 Å². The minimum atomic E-state index is -0.403. The van der Waals surface area contributed by atoms with Crippen LogP contribution in [0.1, 0.15) is 22.8 Å². The van der Waals surface area contributed by atoms with Crippen LogP contribution in [-0.4, -0.2) is 24.6 Å². The van der Waals surface area contributed by atoms with E-state index in [1.54, 1.807) is 24.3 Å². The molecular formula is C23H19N3O3. The smallest absolute Gasteiger partial charge is 0.271 e. The van der Waals surface area contributed by atoms with Gasteiger partial charge in [-0.05, 0) is 35.0 Å². The Morgan fingerprint density at radius 3 is 2.76 bits per heavy atom. The Balaban J connectivity index is 1.82. The molecule has 2 amide bonds. The summed E-state index contributed by atoms with van der Waals surface area (Å²) in [5.74, 6) is 2.40. The number of hydrogen-bond donors (Lipinski definition) is 2. The van der Waals surface area contributed by atoms with Crippen LogP contribution in [0.4, 0.5) is 5.69 Å². The Hall–Kier alpha value is -4.11. The highest BCUT2D eigenvalue weighted by atomic mass is 16.5. The van der Waals surface area contributed by atoms with E-state index in [1.165, 1.54) is 13.1 Å². The van der Waals surface area contributed by atoms with Gasteiger partial charge in [0.25, 0.3) is 5.91 Å². The summed E-state index contributed by atoms with van der Waals surface area (Å²) in [6.07, 6.45) is 6.83. The number of hydrazone groups is 1. The third-order valence-electron chi connectivity index (χ3n) is 4.05. The van der Waals surface area contributed by atoms with Crippen molar-refractivity contribution in [3.63, 3.8) is 0 Å². The molecule has 0 unspecified atom stereocenters. The van der Waals surface area contributed by atoms with Crippen LogP contribution in [0.2, 0.25) is 0 Å². The van der Waals surface area contributed by atoms with Crippen molar-refractivity contribution in [2.75, 3.05) is 11.9 Å². The van der Waals surface area contributed by atoms with Gasteiger partial charge in [0.05, 0.1) is 6.21 Å². The number of anilines is 1. The fraction of sp³-hybridized carbons (Fsp3) is 0.0870. The standard InChI is InChI=1S/C23H19N3O3/c1-3-13-29-22-12-11-17-7-4-5-10-20(17)21(22)15-24-26-23(28)18-8-6-9-19(14-18)25-16(2)27/h1,4-12,14-15H,13H2,2H3,(H,25,27)(H,26,28)/b24-15-. The fourth-order valence-corrected chi connectivity index (χ4v) is 2.82. The molecule has 0 fully saturated rings. The van der Waals surface area contributed by atoms with Crippen molar-refractivity contribution in [3.05, 3.63) is 71.8 Å². The van der Waals surface area contributed by atoms with Crippen molar-refractivity contribution in [1.82, 2.24) is 5.43 Å². The zero-order valence-corrected chi connectivity index (χ0v) is 15.8. The molecule has 2 N–H and O–H groups in total. The van der Waals surface area contributed by atoms with Crippen LogP contribution in [0.25, 0.3) is 10.8 Å². The van der Waals surface area contributed by atoms with Gasteiger partial charge in [0, 0.05) is 23.7 Å². The number of benzene rings is 3. The maximum atomic E-state index is 12.4. The summed E-state index contributed by atoms with van der Waals surface area (Å²) in [5.41, 5.74) is 4.12. The van der Waals surface area contributed by atoms with Crippen molar-refractivity contribution in [2.45, 2.75) is 6.92 Å². The molecule has 29 heavy (non-hydrogen) atoms. The molecule has 0 heterocycles. The van der Waals surface area contributed by atoms with Gasteiger partial charge in [0.1, 0.15) is 12.4 Å².